The van der Waals surface area contributed by atoms with Crippen LogP contribution in [0.15, 0.2) is 36.7 Å². The first-order valence-corrected chi connectivity index (χ1v) is 8.27. The fourth-order valence-corrected chi connectivity index (χ4v) is 2.55. The summed E-state index contributed by atoms with van der Waals surface area (Å²) in [7, 11) is 1.55. The summed E-state index contributed by atoms with van der Waals surface area (Å²) in [5.41, 5.74) is 1.27. The molecule has 0 unspecified atom stereocenters. The second-order valence-electron chi connectivity index (χ2n) is 5.03. The van der Waals surface area contributed by atoms with Crippen molar-refractivity contribution < 1.29 is 13.9 Å². The molecule has 1 aromatic heterocycles. The summed E-state index contributed by atoms with van der Waals surface area (Å²) in [6.45, 7) is 0.355. The van der Waals surface area contributed by atoms with Gasteiger partial charge in [-0.3, -0.25) is 0 Å². The van der Waals surface area contributed by atoms with Crippen molar-refractivity contribution in [3.8, 4) is 11.5 Å². The quantitative estimate of drug-likeness (QED) is 0.621. The highest BCUT2D eigenvalue weighted by molar-refractivity contribution is 6.31. The lowest BCUT2D eigenvalue weighted by molar-refractivity contribution is 0.313. The molecule has 0 saturated heterocycles. The van der Waals surface area contributed by atoms with Crippen molar-refractivity contribution >= 4 is 45.6 Å². The third kappa shape index (κ3) is 3.86. The van der Waals surface area contributed by atoms with Crippen LogP contribution < -0.4 is 14.8 Å². The van der Waals surface area contributed by atoms with Gasteiger partial charge in [0.2, 0.25) is 0 Å². The molecule has 0 aliphatic carbocycles. The number of nitrogens with one attached hydrogen (secondary N) is 1. The minimum atomic E-state index is -0.484. The van der Waals surface area contributed by atoms with E-state index in [4.69, 9.17) is 32.7 Å². The van der Waals surface area contributed by atoms with Crippen molar-refractivity contribution in [2.24, 2.45) is 0 Å². The maximum atomic E-state index is 13.3. The molecule has 0 aliphatic rings. The Bertz CT molecular complexity index is 908. The second-order valence-corrected chi connectivity index (χ2v) is 5.82. The van der Waals surface area contributed by atoms with Crippen molar-refractivity contribution in [1.29, 1.82) is 0 Å². The Labute approximate surface area is 153 Å². The van der Waals surface area contributed by atoms with Crippen LogP contribution in [0.1, 0.15) is 0 Å². The highest BCUT2D eigenvalue weighted by Crippen LogP contribution is 2.35. The lowest BCUT2D eigenvalue weighted by atomic mass is 10.2. The molecule has 0 radical (unpaired) electrons. The van der Waals surface area contributed by atoms with Gasteiger partial charge in [0, 0.05) is 17.1 Å². The van der Waals surface area contributed by atoms with Crippen LogP contribution in [0.4, 0.5) is 15.9 Å². The molecule has 0 atom stereocenters. The van der Waals surface area contributed by atoms with Gasteiger partial charge in [0.05, 0.1) is 23.5 Å². The van der Waals surface area contributed by atoms with Gasteiger partial charge in [-0.05, 0) is 24.3 Å². The lowest BCUT2D eigenvalue weighted by Gasteiger charge is -2.13. The molecule has 0 amide bonds. The van der Waals surface area contributed by atoms with Gasteiger partial charge < -0.3 is 14.8 Å². The average Bonchev–Trinajstić information content (AvgIpc) is 2.62. The van der Waals surface area contributed by atoms with E-state index in [1.165, 1.54) is 18.5 Å². The number of fused-ring (bicyclic) bond motifs is 1. The Balaban J connectivity index is 2.02. The SMILES string of the molecule is COc1cc2c(Nc3ccc(F)c(Cl)c3)ncnc2cc1OCCCl. The van der Waals surface area contributed by atoms with E-state index < -0.39 is 5.82 Å². The first kappa shape index (κ1) is 17.5. The number of rotatable bonds is 6. The molecule has 0 bridgehead atoms. The number of benzene rings is 2. The lowest BCUT2D eigenvalue weighted by Crippen LogP contribution is -2.02. The van der Waals surface area contributed by atoms with Gasteiger partial charge in [-0.2, -0.15) is 0 Å². The number of hydrogen-bond acceptors (Lipinski definition) is 5. The number of halogens is 3. The molecule has 3 rings (SSSR count). The van der Waals surface area contributed by atoms with E-state index in [2.05, 4.69) is 15.3 Å². The Morgan fingerprint density at radius 1 is 1.16 bits per heavy atom. The van der Waals surface area contributed by atoms with Crippen LogP contribution in [0.25, 0.3) is 10.9 Å². The van der Waals surface area contributed by atoms with Crippen LogP contribution in [0.5, 0.6) is 11.5 Å². The molecule has 0 aliphatic heterocycles. The monoisotopic (exact) mass is 381 g/mol. The van der Waals surface area contributed by atoms with Crippen LogP contribution in [-0.2, 0) is 0 Å². The summed E-state index contributed by atoms with van der Waals surface area (Å²) in [6, 6.07) is 7.87. The molecular formula is C17H14Cl2FN3O2. The van der Waals surface area contributed by atoms with Crippen molar-refractivity contribution in [2.75, 3.05) is 24.9 Å². The maximum absolute atomic E-state index is 13.3. The molecular weight excluding hydrogens is 368 g/mol. The Morgan fingerprint density at radius 3 is 2.72 bits per heavy atom. The molecule has 5 nitrogen and oxygen atoms in total. The first-order valence-electron chi connectivity index (χ1n) is 7.36. The smallest absolute Gasteiger partial charge is 0.163 e. The number of aromatic nitrogens is 2. The van der Waals surface area contributed by atoms with E-state index >= 15 is 0 Å². The van der Waals surface area contributed by atoms with Crippen LogP contribution in [0, 0.1) is 5.82 Å². The standard InChI is InChI=1S/C17H14Cl2FN3O2/c1-24-15-7-11-14(8-16(15)25-5-4-18)21-9-22-17(11)23-10-2-3-13(20)12(19)6-10/h2-3,6-9H,4-5H2,1H3,(H,21,22,23). The van der Waals surface area contributed by atoms with Gasteiger partial charge >= 0.3 is 0 Å². The molecule has 0 fully saturated rings. The van der Waals surface area contributed by atoms with Crippen molar-refractivity contribution in [1.82, 2.24) is 9.97 Å². The van der Waals surface area contributed by atoms with Crippen LogP contribution in [0.3, 0.4) is 0 Å². The molecule has 130 valence electrons. The predicted octanol–water partition coefficient (Wildman–Crippen LogP) is 4.79. The Hall–Kier alpha value is -2.31. The highest BCUT2D eigenvalue weighted by atomic mass is 35.5. The molecule has 25 heavy (non-hydrogen) atoms. The Kier molecular flexibility index (Phi) is 5.40. The fourth-order valence-electron chi connectivity index (χ4n) is 2.30. The number of anilines is 2. The van der Waals surface area contributed by atoms with Gasteiger partial charge in [0.15, 0.2) is 11.5 Å². The van der Waals surface area contributed by atoms with Crippen molar-refractivity contribution in [2.45, 2.75) is 0 Å². The maximum Gasteiger partial charge on any atom is 0.163 e. The molecule has 2 aromatic carbocycles. The number of alkyl halides is 1. The molecule has 1 N–H and O–H groups in total. The van der Waals surface area contributed by atoms with E-state index in [0.717, 1.165) is 5.39 Å². The van der Waals surface area contributed by atoms with Gasteiger partial charge in [0.25, 0.3) is 0 Å². The molecule has 3 aromatic rings. The minimum Gasteiger partial charge on any atom is -0.493 e. The zero-order chi connectivity index (χ0) is 17.8. The summed E-state index contributed by atoms with van der Waals surface area (Å²) in [4.78, 5) is 8.50. The van der Waals surface area contributed by atoms with Gasteiger partial charge in [-0.1, -0.05) is 11.6 Å². The number of methoxy groups -OCH3 is 1. The van der Waals surface area contributed by atoms with E-state index in [-0.39, 0.29) is 5.02 Å². The molecule has 0 spiro atoms. The Morgan fingerprint density at radius 2 is 2.00 bits per heavy atom. The van der Waals surface area contributed by atoms with E-state index in [0.29, 0.717) is 41.0 Å². The number of ether oxygens (including phenoxy) is 2. The summed E-state index contributed by atoms with van der Waals surface area (Å²) in [5.74, 6) is 1.50. The van der Waals surface area contributed by atoms with Crippen LogP contribution in [0.2, 0.25) is 5.02 Å². The van der Waals surface area contributed by atoms with Crippen LogP contribution >= 0.6 is 23.2 Å². The third-order valence-corrected chi connectivity index (χ3v) is 3.88. The second kappa shape index (κ2) is 7.72. The number of nitrogens with zero attached hydrogens (tertiary/aromatic N) is 2. The fraction of sp³-hybridized carbons (Fsp3) is 0.176. The summed E-state index contributed by atoms with van der Waals surface area (Å²) < 4.78 is 24.3. The van der Waals surface area contributed by atoms with Crippen LogP contribution in [-0.4, -0.2) is 29.6 Å². The van der Waals surface area contributed by atoms with E-state index in [9.17, 15) is 4.39 Å². The molecule has 1 heterocycles. The predicted molar refractivity (Wildman–Crippen MR) is 97.0 cm³/mol. The zero-order valence-corrected chi connectivity index (χ0v) is 14.7. The largest absolute Gasteiger partial charge is 0.493 e. The van der Waals surface area contributed by atoms with Crippen molar-refractivity contribution in [3.63, 3.8) is 0 Å². The summed E-state index contributed by atoms with van der Waals surface area (Å²) in [5, 5.41) is 3.86. The van der Waals surface area contributed by atoms with Crippen molar-refractivity contribution in [3.05, 3.63) is 47.5 Å². The highest BCUT2D eigenvalue weighted by Gasteiger charge is 2.12. The summed E-state index contributed by atoms with van der Waals surface area (Å²) >= 11 is 11.5. The zero-order valence-electron chi connectivity index (χ0n) is 13.2. The number of hydrogen-bond donors (Lipinski definition) is 1. The summed E-state index contributed by atoms with van der Waals surface area (Å²) in [6.07, 6.45) is 1.42. The van der Waals surface area contributed by atoms with Gasteiger partial charge in [0.1, 0.15) is 24.6 Å². The van der Waals surface area contributed by atoms with E-state index in [1.54, 1.807) is 25.3 Å². The van der Waals surface area contributed by atoms with E-state index in [1.807, 2.05) is 0 Å². The third-order valence-electron chi connectivity index (χ3n) is 3.44. The first-order chi connectivity index (χ1) is 12.1. The minimum absolute atomic E-state index is 0.0257. The van der Waals surface area contributed by atoms with Gasteiger partial charge in [-0.25, -0.2) is 14.4 Å². The normalized spacial score (nSPS) is 10.7. The average molecular weight is 382 g/mol. The van der Waals surface area contributed by atoms with Gasteiger partial charge in [-0.15, -0.1) is 11.6 Å². The topological polar surface area (TPSA) is 56.3 Å². The molecule has 8 heteroatoms. The molecule has 0 saturated carbocycles.